The number of nitrogens with one attached hydrogen (secondary N) is 1. The third-order valence-corrected chi connectivity index (χ3v) is 8.73. The van der Waals surface area contributed by atoms with Crippen molar-refractivity contribution in [2.75, 3.05) is 19.0 Å². The van der Waals surface area contributed by atoms with E-state index in [9.17, 15) is 19.5 Å². The second kappa shape index (κ2) is 16.3. The molecule has 0 unspecified atom stereocenters. The van der Waals surface area contributed by atoms with Crippen LogP contribution >= 0.6 is 23.0 Å². The first-order valence-electron chi connectivity index (χ1n) is 16.2. The van der Waals surface area contributed by atoms with Gasteiger partial charge < -0.3 is 27.6 Å². The normalized spacial score (nSPS) is 10.8. The molecule has 0 fully saturated rings. The number of aliphatic carboxylic acids is 1. The van der Waals surface area contributed by atoms with Gasteiger partial charge in [-0.05, 0) is 78.2 Å². The van der Waals surface area contributed by atoms with Gasteiger partial charge in [0.25, 0.3) is 11.8 Å². The lowest BCUT2D eigenvalue weighted by Crippen LogP contribution is -2.35. The summed E-state index contributed by atoms with van der Waals surface area (Å²) in [7, 11) is 1.54. The van der Waals surface area contributed by atoms with E-state index in [1.807, 2.05) is 24.3 Å². The fourth-order valence-electron chi connectivity index (χ4n) is 5.50. The highest BCUT2D eigenvalue weighted by Gasteiger charge is 2.20. The summed E-state index contributed by atoms with van der Waals surface area (Å²) in [6.45, 7) is 1.60. The lowest BCUT2D eigenvalue weighted by atomic mass is 10.0. The molecule has 0 bridgehead atoms. The molecule has 52 heavy (non-hydrogen) atoms. The maximum absolute atomic E-state index is 13.4. The fourth-order valence-corrected chi connectivity index (χ4v) is 5.93. The number of benzene rings is 5. The molecule has 0 saturated carbocycles. The van der Waals surface area contributed by atoms with Crippen molar-refractivity contribution in [1.29, 1.82) is 0 Å². The largest absolute Gasteiger partial charge is 0.497 e. The molecule has 0 aliphatic heterocycles. The number of aryl methyl sites for hydroxylation is 1. The third kappa shape index (κ3) is 8.82. The summed E-state index contributed by atoms with van der Waals surface area (Å²) < 4.78 is 16.1. The van der Waals surface area contributed by atoms with Gasteiger partial charge in [-0.15, -0.1) is 0 Å². The smallest absolute Gasteiger partial charge is 0.323 e. The first-order valence-corrected chi connectivity index (χ1v) is 17.0. The van der Waals surface area contributed by atoms with E-state index < -0.39 is 18.4 Å². The van der Waals surface area contributed by atoms with Gasteiger partial charge in [-0.3, -0.25) is 14.4 Å². The highest BCUT2D eigenvalue weighted by Crippen LogP contribution is 2.28. The predicted molar refractivity (Wildman–Crippen MR) is 204 cm³/mol. The van der Waals surface area contributed by atoms with Crippen molar-refractivity contribution < 1.29 is 31.8 Å². The molecule has 5 aromatic carbocycles. The SMILES string of the molecule is COc1ccc(OI)c(CC(=O)Nc2ccc(C(=O)N(CC(=O)O)Cc3ccc(-c4nc(-c5ccc(-c6ccc(C)cc6)cc5)no4)cc3)cc2)c1. The molecule has 0 aliphatic rings. The molecular weight excluding hydrogens is 775 g/mol. The Morgan fingerprint density at radius 1 is 0.827 bits per heavy atom. The Kier molecular flexibility index (Phi) is 11.2. The Morgan fingerprint density at radius 2 is 1.46 bits per heavy atom. The van der Waals surface area contributed by atoms with Gasteiger partial charge in [-0.2, -0.15) is 4.98 Å². The van der Waals surface area contributed by atoms with Crippen LogP contribution in [0.2, 0.25) is 0 Å². The van der Waals surface area contributed by atoms with Crippen LogP contribution in [0.1, 0.15) is 27.0 Å². The molecule has 11 nitrogen and oxygen atoms in total. The first kappa shape index (κ1) is 35.8. The van der Waals surface area contributed by atoms with Gasteiger partial charge in [0, 0.05) is 34.5 Å². The van der Waals surface area contributed by atoms with Crippen LogP contribution in [0.5, 0.6) is 11.5 Å². The number of carboxylic acids is 1. The Hall–Kier alpha value is -6.02. The van der Waals surface area contributed by atoms with Crippen LogP contribution < -0.4 is 13.1 Å². The highest BCUT2D eigenvalue weighted by molar-refractivity contribution is 14.1. The number of ether oxygens (including phenoxy) is 1. The zero-order valence-corrected chi connectivity index (χ0v) is 30.4. The van der Waals surface area contributed by atoms with Crippen molar-refractivity contribution in [3.05, 3.63) is 138 Å². The average molecular weight is 809 g/mol. The number of aromatic nitrogens is 2. The van der Waals surface area contributed by atoms with E-state index in [4.69, 9.17) is 12.3 Å². The van der Waals surface area contributed by atoms with E-state index in [2.05, 4.69) is 46.6 Å². The molecule has 2 N–H and O–H groups in total. The van der Waals surface area contributed by atoms with Crippen LogP contribution in [-0.2, 0) is 22.6 Å². The summed E-state index contributed by atoms with van der Waals surface area (Å²) >= 11 is 1.76. The minimum Gasteiger partial charge on any atom is -0.497 e. The highest BCUT2D eigenvalue weighted by atomic mass is 127. The van der Waals surface area contributed by atoms with Gasteiger partial charge in [0.2, 0.25) is 11.7 Å². The summed E-state index contributed by atoms with van der Waals surface area (Å²) in [5.41, 5.74) is 7.01. The lowest BCUT2D eigenvalue weighted by molar-refractivity contribution is -0.137. The Morgan fingerprint density at radius 3 is 2.10 bits per heavy atom. The van der Waals surface area contributed by atoms with E-state index in [1.165, 1.54) is 10.5 Å². The van der Waals surface area contributed by atoms with Crippen molar-refractivity contribution in [3.8, 4) is 45.5 Å². The number of carboxylic acid groups (broad SMARTS) is 1. The minimum atomic E-state index is -1.15. The molecule has 12 heteroatoms. The van der Waals surface area contributed by atoms with Crippen LogP contribution in [0.15, 0.2) is 120 Å². The molecule has 2 amide bonds. The zero-order valence-electron chi connectivity index (χ0n) is 28.2. The van der Waals surface area contributed by atoms with E-state index in [0.29, 0.717) is 45.6 Å². The second-order valence-electron chi connectivity index (χ2n) is 12.0. The molecule has 0 spiro atoms. The number of nitrogens with zero attached hydrogens (tertiary/aromatic N) is 3. The maximum atomic E-state index is 13.4. The number of hydrogen-bond donors (Lipinski definition) is 2. The van der Waals surface area contributed by atoms with Crippen LogP contribution in [0.4, 0.5) is 5.69 Å². The van der Waals surface area contributed by atoms with E-state index in [-0.39, 0.29) is 24.4 Å². The van der Waals surface area contributed by atoms with E-state index >= 15 is 0 Å². The molecule has 0 saturated heterocycles. The van der Waals surface area contributed by atoms with Crippen LogP contribution in [0, 0.1) is 6.92 Å². The molecule has 6 rings (SSSR count). The van der Waals surface area contributed by atoms with Gasteiger partial charge in [-0.1, -0.05) is 71.4 Å². The van der Waals surface area contributed by atoms with Crippen molar-refractivity contribution in [2.45, 2.75) is 19.9 Å². The van der Waals surface area contributed by atoms with Crippen molar-refractivity contribution >= 4 is 46.5 Å². The third-order valence-electron chi connectivity index (χ3n) is 8.26. The number of amides is 2. The number of anilines is 1. The second-order valence-corrected chi connectivity index (χ2v) is 12.4. The zero-order chi connectivity index (χ0) is 36.6. The molecule has 262 valence electrons. The standard InChI is InChI=1S/C40H33IN4O7/c1-25-3-7-27(8-4-25)28-11-13-29(14-12-28)38-43-39(52-44-38)30-9-5-26(6-10-30)23-45(24-37(47)48)40(49)31-15-17-33(18-16-31)42-36(46)22-32-21-34(50-2)19-20-35(32)51-41/h3-21H,22-24H2,1-2H3,(H,42,46)(H,47,48). The van der Waals surface area contributed by atoms with Gasteiger partial charge in [0.05, 0.1) is 13.5 Å². The van der Waals surface area contributed by atoms with Gasteiger partial charge >= 0.3 is 5.97 Å². The Labute approximate surface area is 313 Å². The maximum Gasteiger partial charge on any atom is 0.323 e. The van der Waals surface area contributed by atoms with Crippen LogP contribution in [0.25, 0.3) is 34.0 Å². The van der Waals surface area contributed by atoms with Gasteiger partial charge in [0.1, 0.15) is 18.0 Å². The number of carbonyl (C=O) groups is 3. The Bertz CT molecular complexity index is 2180. The van der Waals surface area contributed by atoms with E-state index in [0.717, 1.165) is 16.7 Å². The number of halogens is 1. The number of methoxy groups -OCH3 is 1. The quantitative estimate of drug-likeness (QED) is 0.111. The number of rotatable bonds is 13. The molecule has 0 radical (unpaired) electrons. The molecular formula is C40H33IN4O7. The topological polar surface area (TPSA) is 144 Å². The monoisotopic (exact) mass is 808 g/mol. The van der Waals surface area contributed by atoms with Gasteiger partial charge in [0.15, 0.2) is 23.0 Å². The minimum absolute atomic E-state index is 0.0395. The average Bonchev–Trinajstić information content (AvgIpc) is 3.65. The number of hydrogen-bond acceptors (Lipinski definition) is 8. The van der Waals surface area contributed by atoms with Crippen LogP contribution in [-0.4, -0.2) is 51.6 Å². The van der Waals surface area contributed by atoms with E-state index in [1.54, 1.807) is 96.8 Å². The van der Waals surface area contributed by atoms with Crippen molar-refractivity contribution in [1.82, 2.24) is 15.0 Å². The van der Waals surface area contributed by atoms with Crippen LogP contribution in [0.3, 0.4) is 0 Å². The first-order chi connectivity index (χ1) is 25.2. The van der Waals surface area contributed by atoms with Gasteiger partial charge in [-0.25, -0.2) is 0 Å². The Balaban J connectivity index is 1.08. The summed E-state index contributed by atoms with van der Waals surface area (Å²) in [5.74, 6) is 0.0215. The lowest BCUT2D eigenvalue weighted by Gasteiger charge is -2.21. The molecule has 0 aliphatic carbocycles. The summed E-state index contributed by atoms with van der Waals surface area (Å²) in [4.78, 5) is 43.8. The number of carbonyl (C=O) groups excluding carboxylic acids is 2. The summed E-state index contributed by atoms with van der Waals surface area (Å²) in [6.07, 6.45) is 0.0395. The molecule has 6 aromatic rings. The van der Waals surface area contributed by atoms with Crippen molar-refractivity contribution in [3.63, 3.8) is 0 Å². The van der Waals surface area contributed by atoms with Crippen molar-refractivity contribution in [2.24, 2.45) is 0 Å². The summed E-state index contributed by atoms with van der Waals surface area (Å²) in [6, 6.07) is 34.9. The molecule has 1 aromatic heterocycles. The molecule has 0 atom stereocenters. The predicted octanol–water partition coefficient (Wildman–Crippen LogP) is 8.02. The summed E-state index contributed by atoms with van der Waals surface area (Å²) in [5, 5.41) is 16.5. The fraction of sp³-hybridized carbons (Fsp3) is 0.125. The molecule has 1 heterocycles.